The van der Waals surface area contributed by atoms with Crippen LogP contribution in [0.3, 0.4) is 0 Å². The Hall–Kier alpha value is -3.53. The van der Waals surface area contributed by atoms with Gasteiger partial charge in [0.05, 0.1) is 13.7 Å². The molecule has 0 bridgehead atoms. The lowest BCUT2D eigenvalue weighted by Crippen LogP contribution is -2.28. The Morgan fingerprint density at radius 2 is 1.86 bits per heavy atom. The highest BCUT2D eigenvalue weighted by Crippen LogP contribution is 2.17. The number of anilines is 1. The van der Waals surface area contributed by atoms with Crippen LogP contribution < -0.4 is 20.1 Å². The van der Waals surface area contributed by atoms with Crippen LogP contribution in [-0.2, 0) is 11.3 Å². The first-order valence-corrected chi connectivity index (χ1v) is 9.28. The fraction of sp³-hybridized carbons (Fsp3) is 0.158. The molecule has 0 saturated carbocycles. The van der Waals surface area contributed by atoms with Crippen LogP contribution in [0, 0.1) is 5.82 Å². The molecule has 0 spiro atoms. The fourth-order valence-corrected chi connectivity index (χ4v) is 2.89. The minimum atomic E-state index is -0.506. The molecular formula is C19H17FN4O4S. The molecule has 3 aromatic rings. The number of halogens is 1. The second kappa shape index (κ2) is 9.60. The van der Waals surface area contributed by atoms with E-state index in [1.807, 2.05) is 0 Å². The van der Waals surface area contributed by atoms with Gasteiger partial charge in [0.15, 0.2) is 6.61 Å². The molecule has 0 aliphatic heterocycles. The average molecular weight is 416 g/mol. The summed E-state index contributed by atoms with van der Waals surface area (Å²) in [4.78, 5) is 24.0. The van der Waals surface area contributed by atoms with E-state index < -0.39 is 11.7 Å². The highest BCUT2D eigenvalue weighted by Gasteiger charge is 2.14. The van der Waals surface area contributed by atoms with Crippen molar-refractivity contribution in [3.05, 3.63) is 64.4 Å². The van der Waals surface area contributed by atoms with E-state index in [0.717, 1.165) is 11.3 Å². The molecule has 0 aliphatic carbocycles. The number of carbonyl (C=O) groups excluding carboxylic acids is 2. The number of methoxy groups -OCH3 is 1. The number of amides is 2. The maximum atomic E-state index is 13.2. The van der Waals surface area contributed by atoms with E-state index in [-0.39, 0.29) is 24.1 Å². The average Bonchev–Trinajstić information content (AvgIpc) is 3.20. The molecular weight excluding hydrogens is 399 g/mol. The van der Waals surface area contributed by atoms with Crippen LogP contribution in [0.4, 0.5) is 10.1 Å². The monoisotopic (exact) mass is 416 g/mol. The van der Waals surface area contributed by atoms with Crippen LogP contribution in [0.25, 0.3) is 0 Å². The molecule has 0 fully saturated rings. The van der Waals surface area contributed by atoms with Crippen molar-refractivity contribution in [1.82, 2.24) is 15.5 Å². The zero-order valence-corrected chi connectivity index (χ0v) is 16.2. The molecule has 8 nitrogen and oxygen atoms in total. The zero-order valence-electron chi connectivity index (χ0n) is 15.3. The van der Waals surface area contributed by atoms with Gasteiger partial charge in [-0.1, -0.05) is 17.4 Å². The van der Waals surface area contributed by atoms with E-state index in [0.29, 0.717) is 22.2 Å². The summed E-state index contributed by atoms with van der Waals surface area (Å²) in [6.07, 6.45) is 0. The van der Waals surface area contributed by atoms with Gasteiger partial charge < -0.3 is 20.1 Å². The van der Waals surface area contributed by atoms with Crippen LogP contribution in [0.5, 0.6) is 11.5 Å². The maximum absolute atomic E-state index is 13.2. The van der Waals surface area contributed by atoms with Gasteiger partial charge in [-0.25, -0.2) is 4.39 Å². The number of hydrogen-bond donors (Lipinski definition) is 2. The number of nitrogens with one attached hydrogen (secondary N) is 2. The van der Waals surface area contributed by atoms with Gasteiger partial charge in [0, 0.05) is 5.69 Å². The standard InChI is InChI=1S/C19H17FN4O4S/c1-27-14-5-7-15(8-6-14)28-11-16(25)21-10-17-23-24-19(29-17)18(26)22-13-4-2-3-12(20)9-13/h2-9H,10-11H2,1H3,(H,21,25)(H,22,26). The number of aromatic nitrogens is 2. The Labute approximate surface area is 169 Å². The molecule has 29 heavy (non-hydrogen) atoms. The summed E-state index contributed by atoms with van der Waals surface area (Å²) in [5.74, 6) is -0.0842. The molecule has 2 N–H and O–H groups in total. The molecule has 150 valence electrons. The molecule has 0 radical (unpaired) electrons. The van der Waals surface area contributed by atoms with E-state index in [2.05, 4.69) is 20.8 Å². The van der Waals surface area contributed by atoms with Gasteiger partial charge in [-0.3, -0.25) is 9.59 Å². The Kier molecular flexibility index (Phi) is 6.69. The predicted octanol–water partition coefficient (Wildman–Crippen LogP) is 2.63. The van der Waals surface area contributed by atoms with Crippen molar-refractivity contribution in [3.8, 4) is 11.5 Å². The van der Waals surface area contributed by atoms with E-state index in [1.54, 1.807) is 37.4 Å². The van der Waals surface area contributed by atoms with Gasteiger partial charge >= 0.3 is 0 Å². The van der Waals surface area contributed by atoms with Crippen LogP contribution in [0.15, 0.2) is 48.5 Å². The lowest BCUT2D eigenvalue weighted by Gasteiger charge is -2.07. The summed E-state index contributed by atoms with van der Waals surface area (Å²) in [5, 5.41) is 13.4. The van der Waals surface area contributed by atoms with Gasteiger partial charge in [0.25, 0.3) is 11.8 Å². The van der Waals surface area contributed by atoms with Crippen molar-refractivity contribution in [2.24, 2.45) is 0 Å². The molecule has 2 amide bonds. The SMILES string of the molecule is COc1ccc(OCC(=O)NCc2nnc(C(=O)Nc3cccc(F)c3)s2)cc1. The quantitative estimate of drug-likeness (QED) is 0.585. The van der Waals surface area contributed by atoms with Crippen LogP contribution in [0.1, 0.15) is 14.8 Å². The van der Waals surface area contributed by atoms with E-state index in [9.17, 15) is 14.0 Å². The number of rotatable bonds is 8. The van der Waals surface area contributed by atoms with Crippen molar-refractivity contribution in [3.63, 3.8) is 0 Å². The van der Waals surface area contributed by atoms with Gasteiger partial charge in [0.2, 0.25) is 5.01 Å². The summed E-state index contributed by atoms with van der Waals surface area (Å²) < 4.78 is 23.6. The largest absolute Gasteiger partial charge is 0.497 e. The van der Waals surface area contributed by atoms with Crippen LogP contribution in [-0.4, -0.2) is 35.7 Å². The summed E-state index contributed by atoms with van der Waals surface area (Å²) in [7, 11) is 1.56. The van der Waals surface area contributed by atoms with Crippen molar-refractivity contribution in [1.29, 1.82) is 0 Å². The third-order valence-corrected chi connectivity index (χ3v) is 4.53. The van der Waals surface area contributed by atoms with E-state index in [1.165, 1.54) is 18.2 Å². The predicted molar refractivity (Wildman–Crippen MR) is 105 cm³/mol. The maximum Gasteiger partial charge on any atom is 0.286 e. The lowest BCUT2D eigenvalue weighted by molar-refractivity contribution is -0.123. The minimum Gasteiger partial charge on any atom is -0.497 e. The van der Waals surface area contributed by atoms with Crippen LogP contribution >= 0.6 is 11.3 Å². The third-order valence-electron chi connectivity index (χ3n) is 3.61. The second-order valence-electron chi connectivity index (χ2n) is 5.71. The molecule has 0 atom stereocenters. The number of hydrogen-bond acceptors (Lipinski definition) is 7. The molecule has 0 aliphatic rings. The topological polar surface area (TPSA) is 102 Å². The highest BCUT2D eigenvalue weighted by molar-refractivity contribution is 7.13. The molecule has 0 unspecified atom stereocenters. The smallest absolute Gasteiger partial charge is 0.286 e. The summed E-state index contributed by atoms with van der Waals surface area (Å²) >= 11 is 1.03. The number of carbonyl (C=O) groups is 2. The molecule has 0 saturated heterocycles. The fourth-order valence-electron chi connectivity index (χ4n) is 2.21. The number of benzene rings is 2. The Balaban J connectivity index is 1.45. The summed E-state index contributed by atoms with van der Waals surface area (Å²) in [6, 6.07) is 12.4. The molecule has 1 aromatic heterocycles. The number of nitrogens with zero attached hydrogens (tertiary/aromatic N) is 2. The van der Waals surface area contributed by atoms with Gasteiger partial charge in [-0.2, -0.15) is 0 Å². The molecule has 2 aromatic carbocycles. The molecule has 3 rings (SSSR count). The van der Waals surface area contributed by atoms with Crippen molar-refractivity contribution >= 4 is 28.8 Å². The first kappa shape index (κ1) is 20.2. The Morgan fingerprint density at radius 3 is 2.59 bits per heavy atom. The van der Waals surface area contributed by atoms with Gasteiger partial charge in [-0.05, 0) is 42.5 Å². The Bertz CT molecular complexity index is 994. The van der Waals surface area contributed by atoms with Crippen LogP contribution in [0.2, 0.25) is 0 Å². The normalized spacial score (nSPS) is 10.3. The Morgan fingerprint density at radius 1 is 1.10 bits per heavy atom. The first-order chi connectivity index (χ1) is 14.0. The summed E-state index contributed by atoms with van der Waals surface area (Å²) in [6.45, 7) is -0.0617. The highest BCUT2D eigenvalue weighted by atomic mass is 32.1. The van der Waals surface area contributed by atoms with Crippen molar-refractivity contribution in [2.45, 2.75) is 6.54 Å². The van der Waals surface area contributed by atoms with Gasteiger partial charge in [-0.15, -0.1) is 10.2 Å². The summed E-state index contributed by atoms with van der Waals surface area (Å²) in [5.41, 5.74) is 0.315. The molecule has 1 heterocycles. The van der Waals surface area contributed by atoms with E-state index in [4.69, 9.17) is 9.47 Å². The second-order valence-corrected chi connectivity index (χ2v) is 6.77. The van der Waals surface area contributed by atoms with Crippen molar-refractivity contribution in [2.75, 3.05) is 19.0 Å². The number of ether oxygens (including phenoxy) is 2. The first-order valence-electron chi connectivity index (χ1n) is 8.46. The third kappa shape index (κ3) is 5.98. The van der Waals surface area contributed by atoms with Crippen molar-refractivity contribution < 1.29 is 23.5 Å². The van der Waals surface area contributed by atoms with Gasteiger partial charge in [0.1, 0.15) is 22.3 Å². The molecule has 10 heteroatoms. The van der Waals surface area contributed by atoms with E-state index >= 15 is 0 Å². The zero-order chi connectivity index (χ0) is 20.6. The minimum absolute atomic E-state index is 0.105. The lowest BCUT2D eigenvalue weighted by atomic mass is 10.3.